The Morgan fingerprint density at radius 2 is 1.68 bits per heavy atom. The van der Waals surface area contributed by atoms with Crippen molar-refractivity contribution in [3.8, 4) is 11.5 Å². The summed E-state index contributed by atoms with van der Waals surface area (Å²) in [5, 5.41) is 8.62. The summed E-state index contributed by atoms with van der Waals surface area (Å²) < 4.78 is 13.0. The van der Waals surface area contributed by atoms with E-state index in [0.29, 0.717) is 22.8 Å². The third-order valence-corrected chi connectivity index (χ3v) is 8.33. The minimum absolute atomic E-state index is 0.0802. The van der Waals surface area contributed by atoms with Gasteiger partial charge in [0, 0.05) is 17.2 Å². The molecule has 0 bridgehead atoms. The van der Waals surface area contributed by atoms with E-state index < -0.39 is 6.04 Å². The highest BCUT2D eigenvalue weighted by Crippen LogP contribution is 2.38. The highest BCUT2D eigenvalue weighted by Gasteiger charge is 2.50. The molecule has 224 valence electrons. The number of rotatable bonds is 11. The van der Waals surface area contributed by atoms with Gasteiger partial charge in [0.15, 0.2) is 11.8 Å². The van der Waals surface area contributed by atoms with Crippen molar-refractivity contribution in [3.63, 3.8) is 0 Å². The molecule has 0 spiro atoms. The first kappa shape index (κ1) is 29.1. The average Bonchev–Trinajstić information content (AvgIpc) is 3.53. The zero-order chi connectivity index (χ0) is 30.3. The van der Waals surface area contributed by atoms with Gasteiger partial charge in [-0.2, -0.15) is 0 Å². The zero-order valence-electron chi connectivity index (χ0n) is 24.8. The maximum Gasteiger partial charge on any atom is 0.250 e. The number of nitrogens with zero attached hydrogens (tertiary/aromatic N) is 4. The van der Waals surface area contributed by atoms with Gasteiger partial charge < -0.3 is 14.4 Å². The molecule has 1 aliphatic heterocycles. The quantitative estimate of drug-likeness (QED) is 0.112. The third kappa shape index (κ3) is 6.49. The number of para-hydroxylation sites is 1. The molecule has 44 heavy (non-hydrogen) atoms. The van der Waals surface area contributed by atoms with Crippen molar-refractivity contribution in [1.29, 1.82) is 0 Å². The molecule has 4 aromatic rings. The molecule has 2 atom stereocenters. The van der Waals surface area contributed by atoms with Crippen LogP contribution in [-0.4, -0.2) is 50.8 Å². The van der Waals surface area contributed by atoms with Crippen LogP contribution in [0, 0.1) is 0 Å². The minimum Gasteiger partial charge on any atom is -0.496 e. The normalized spacial score (nSPS) is 18.9. The van der Waals surface area contributed by atoms with Gasteiger partial charge in [0.05, 0.1) is 19.3 Å². The zero-order valence-corrected chi connectivity index (χ0v) is 24.8. The Kier molecular flexibility index (Phi) is 8.96. The van der Waals surface area contributed by atoms with Crippen molar-refractivity contribution in [3.05, 3.63) is 120 Å². The first-order valence-corrected chi connectivity index (χ1v) is 15.1. The number of ether oxygens (including phenoxy) is 2. The van der Waals surface area contributed by atoms with Gasteiger partial charge in [0.2, 0.25) is 0 Å². The lowest BCUT2D eigenvalue weighted by Gasteiger charge is -2.50. The lowest BCUT2D eigenvalue weighted by atomic mass is 9.85. The van der Waals surface area contributed by atoms with Crippen LogP contribution in [0.4, 0.5) is 0 Å². The van der Waals surface area contributed by atoms with Gasteiger partial charge in [0.25, 0.3) is 5.91 Å². The molecule has 0 radical (unpaired) electrons. The molecular formula is C36H36N4O4. The summed E-state index contributed by atoms with van der Waals surface area (Å²) in [5.41, 5.74) is 3.11. The first-order chi connectivity index (χ1) is 21.6. The van der Waals surface area contributed by atoms with E-state index >= 15 is 0 Å². The number of aromatic nitrogens is 3. The number of benzene rings is 3. The first-order valence-electron chi connectivity index (χ1n) is 15.1. The van der Waals surface area contributed by atoms with E-state index in [9.17, 15) is 9.59 Å². The van der Waals surface area contributed by atoms with E-state index in [0.717, 1.165) is 36.8 Å². The number of likely N-dealkylation sites (tertiary alicyclic amines) is 1. The van der Waals surface area contributed by atoms with Crippen molar-refractivity contribution in [1.82, 2.24) is 19.9 Å². The van der Waals surface area contributed by atoms with Crippen molar-refractivity contribution in [2.45, 2.75) is 56.8 Å². The van der Waals surface area contributed by atoms with Crippen molar-refractivity contribution >= 4 is 23.8 Å². The summed E-state index contributed by atoms with van der Waals surface area (Å²) in [4.78, 5) is 28.2. The number of β-lactam (4-membered cyclic amide) rings is 1. The Hall–Kier alpha value is -4.98. The fourth-order valence-electron chi connectivity index (χ4n) is 5.99. The number of hydrogen-bond acceptors (Lipinski definition) is 6. The number of carbonyl (C=O) groups is 2. The van der Waals surface area contributed by atoms with Gasteiger partial charge >= 0.3 is 0 Å². The molecule has 2 fully saturated rings. The molecular weight excluding hydrogens is 552 g/mol. The van der Waals surface area contributed by atoms with E-state index in [-0.39, 0.29) is 30.4 Å². The lowest BCUT2D eigenvalue weighted by Crippen LogP contribution is -2.64. The van der Waals surface area contributed by atoms with Gasteiger partial charge in [-0.05, 0) is 60.9 Å². The molecule has 1 aliphatic carbocycles. The van der Waals surface area contributed by atoms with Crippen molar-refractivity contribution in [2.75, 3.05) is 7.11 Å². The molecule has 1 amide bonds. The molecule has 8 heteroatoms. The van der Waals surface area contributed by atoms with Crippen LogP contribution >= 0.6 is 0 Å². The smallest absolute Gasteiger partial charge is 0.250 e. The lowest BCUT2D eigenvalue weighted by molar-refractivity contribution is -0.157. The van der Waals surface area contributed by atoms with E-state index in [1.807, 2.05) is 42.5 Å². The molecule has 6 rings (SSSR count). The molecule has 1 saturated carbocycles. The van der Waals surface area contributed by atoms with Gasteiger partial charge in [-0.25, -0.2) is 4.68 Å². The van der Waals surface area contributed by atoms with Gasteiger partial charge in [-0.3, -0.25) is 9.59 Å². The van der Waals surface area contributed by atoms with Crippen LogP contribution in [-0.2, 0) is 11.4 Å². The summed E-state index contributed by atoms with van der Waals surface area (Å²) in [6, 6.07) is 24.4. The van der Waals surface area contributed by atoms with Crippen LogP contribution < -0.4 is 9.47 Å². The van der Waals surface area contributed by atoms with Crippen molar-refractivity contribution < 1.29 is 19.1 Å². The summed E-state index contributed by atoms with van der Waals surface area (Å²) >= 11 is 0. The fourth-order valence-corrected chi connectivity index (χ4v) is 5.99. The second-order valence-electron chi connectivity index (χ2n) is 11.2. The Morgan fingerprint density at radius 1 is 0.932 bits per heavy atom. The van der Waals surface area contributed by atoms with Gasteiger partial charge in [-0.1, -0.05) is 85.2 Å². The second kappa shape index (κ2) is 13.5. The number of carbonyl (C=O) groups excluding carboxylic acids is 2. The van der Waals surface area contributed by atoms with E-state index in [2.05, 4.69) is 39.5 Å². The highest BCUT2D eigenvalue weighted by atomic mass is 16.5. The Balaban J connectivity index is 1.09. The van der Waals surface area contributed by atoms with Crippen LogP contribution in [0.2, 0.25) is 0 Å². The topological polar surface area (TPSA) is 86.5 Å². The minimum atomic E-state index is -0.424. The Bertz CT molecular complexity index is 1640. The number of amides is 1. The number of methoxy groups -OCH3 is 1. The standard InChI is InChI=1S/C36H36N4O4/c1-43-34-15-9-8-12-28(34)19-23-33(41)27-17-20-31(21-18-27)44-25-29-24-39(38-37-29)35-32(22-16-26-10-4-2-5-11-26)40(36(35)42)30-13-6-3-7-14-30/h2,4-5,8-12,15-24,30,32,35H,3,6-7,13-14,25H2,1H3/b22-16+,23-19+. The maximum absolute atomic E-state index is 13.5. The number of hydrogen-bond donors (Lipinski definition) is 0. The van der Waals surface area contributed by atoms with Gasteiger partial charge in [-0.15, -0.1) is 5.10 Å². The molecule has 2 aliphatic rings. The average molecular weight is 589 g/mol. The number of ketones is 1. The molecule has 2 unspecified atom stereocenters. The number of allylic oxidation sites excluding steroid dienone is 1. The van der Waals surface area contributed by atoms with E-state index in [1.165, 1.54) is 12.5 Å². The molecule has 3 aromatic carbocycles. The van der Waals surface area contributed by atoms with Crippen LogP contribution in [0.3, 0.4) is 0 Å². The largest absolute Gasteiger partial charge is 0.496 e. The predicted molar refractivity (Wildman–Crippen MR) is 169 cm³/mol. The van der Waals surface area contributed by atoms with Crippen LogP contribution in [0.5, 0.6) is 11.5 Å². The molecule has 8 nitrogen and oxygen atoms in total. The summed E-state index contributed by atoms with van der Waals surface area (Å²) in [7, 11) is 1.60. The van der Waals surface area contributed by atoms with E-state index in [4.69, 9.17) is 9.47 Å². The van der Waals surface area contributed by atoms with Crippen LogP contribution in [0.1, 0.15) is 65.3 Å². The third-order valence-electron chi connectivity index (χ3n) is 8.33. The van der Waals surface area contributed by atoms with Gasteiger partial charge in [0.1, 0.15) is 23.8 Å². The van der Waals surface area contributed by atoms with E-state index in [1.54, 1.807) is 48.3 Å². The molecule has 1 aromatic heterocycles. The second-order valence-corrected chi connectivity index (χ2v) is 11.2. The predicted octanol–water partition coefficient (Wildman–Crippen LogP) is 6.56. The highest BCUT2D eigenvalue weighted by molar-refractivity contribution is 6.07. The SMILES string of the molecule is COc1ccccc1/C=C/C(=O)c1ccc(OCc2cn(C3C(=O)N(C4CCCCC4)C3/C=C/c3ccccc3)nn2)cc1. The summed E-state index contributed by atoms with van der Waals surface area (Å²) in [6.07, 6.45) is 14.9. The fraction of sp³-hybridized carbons (Fsp3) is 0.278. The molecule has 2 heterocycles. The summed E-state index contributed by atoms with van der Waals surface area (Å²) in [6.45, 7) is 0.193. The van der Waals surface area contributed by atoms with Crippen molar-refractivity contribution in [2.24, 2.45) is 0 Å². The molecule has 0 N–H and O–H groups in total. The summed E-state index contributed by atoms with van der Waals surface area (Å²) in [5.74, 6) is 1.29. The molecule has 1 saturated heterocycles. The Labute approximate surface area is 257 Å². The maximum atomic E-state index is 13.5. The van der Waals surface area contributed by atoms with Crippen LogP contribution in [0.15, 0.2) is 97.2 Å². The Morgan fingerprint density at radius 3 is 2.45 bits per heavy atom. The monoisotopic (exact) mass is 588 g/mol. The van der Waals surface area contributed by atoms with Crippen LogP contribution in [0.25, 0.3) is 12.2 Å².